The molecule has 0 N–H and O–H groups in total. The van der Waals surface area contributed by atoms with Gasteiger partial charge < -0.3 is 18.6 Å². The first-order valence-corrected chi connectivity index (χ1v) is 9.94. The molecule has 5 heteroatoms. The SMILES string of the molecule is COc1ccc(OC)c(C(=O)/C=C/c2ccc(COc3ccc4c(c3)CCC4)o2)c1. The van der Waals surface area contributed by atoms with E-state index < -0.39 is 0 Å². The van der Waals surface area contributed by atoms with Crippen LogP contribution in [0.2, 0.25) is 0 Å². The molecule has 1 aromatic heterocycles. The zero-order chi connectivity index (χ0) is 20.9. The maximum absolute atomic E-state index is 12.6. The number of carbonyl (C=O) groups excluding carboxylic acids is 1. The van der Waals surface area contributed by atoms with Gasteiger partial charge in [0, 0.05) is 0 Å². The van der Waals surface area contributed by atoms with Crippen LogP contribution in [0, 0.1) is 0 Å². The molecule has 3 aromatic rings. The zero-order valence-corrected chi connectivity index (χ0v) is 17.1. The van der Waals surface area contributed by atoms with E-state index in [1.807, 2.05) is 18.2 Å². The Bertz CT molecular complexity index is 1080. The Morgan fingerprint density at radius 3 is 2.63 bits per heavy atom. The molecule has 0 unspecified atom stereocenters. The van der Waals surface area contributed by atoms with E-state index in [4.69, 9.17) is 18.6 Å². The Morgan fingerprint density at radius 1 is 0.967 bits per heavy atom. The number of hydrogen-bond acceptors (Lipinski definition) is 5. The molecule has 1 aliphatic carbocycles. The molecule has 0 fully saturated rings. The van der Waals surface area contributed by atoms with Gasteiger partial charge in [0.1, 0.15) is 35.4 Å². The number of carbonyl (C=O) groups is 1. The maximum Gasteiger partial charge on any atom is 0.189 e. The van der Waals surface area contributed by atoms with Gasteiger partial charge in [-0.2, -0.15) is 0 Å². The molecule has 0 aliphatic heterocycles. The number of fused-ring (bicyclic) bond motifs is 1. The van der Waals surface area contributed by atoms with Crippen LogP contribution in [0.25, 0.3) is 6.08 Å². The number of aryl methyl sites for hydroxylation is 2. The summed E-state index contributed by atoms with van der Waals surface area (Å²) in [7, 11) is 3.09. The highest BCUT2D eigenvalue weighted by Crippen LogP contribution is 2.27. The van der Waals surface area contributed by atoms with Gasteiger partial charge in [-0.15, -0.1) is 0 Å². The fraction of sp³-hybridized carbons (Fsp3) is 0.240. The van der Waals surface area contributed by atoms with Crippen molar-refractivity contribution in [3.05, 3.63) is 82.8 Å². The van der Waals surface area contributed by atoms with Gasteiger partial charge in [0.25, 0.3) is 0 Å². The van der Waals surface area contributed by atoms with Gasteiger partial charge in [-0.3, -0.25) is 4.79 Å². The van der Waals surface area contributed by atoms with Crippen LogP contribution in [-0.4, -0.2) is 20.0 Å². The largest absolute Gasteiger partial charge is 0.497 e. The van der Waals surface area contributed by atoms with Crippen LogP contribution >= 0.6 is 0 Å². The monoisotopic (exact) mass is 404 g/mol. The first kappa shape index (κ1) is 19.8. The summed E-state index contributed by atoms with van der Waals surface area (Å²) < 4.78 is 22.1. The van der Waals surface area contributed by atoms with Crippen LogP contribution < -0.4 is 14.2 Å². The maximum atomic E-state index is 12.6. The summed E-state index contributed by atoms with van der Waals surface area (Å²) in [6, 6.07) is 15.0. The summed E-state index contributed by atoms with van der Waals surface area (Å²) in [6.45, 7) is 0.338. The second-order valence-electron chi connectivity index (χ2n) is 7.14. The lowest BCUT2D eigenvalue weighted by Crippen LogP contribution is -1.99. The molecule has 0 amide bonds. The van der Waals surface area contributed by atoms with Gasteiger partial charge in [-0.25, -0.2) is 0 Å². The summed E-state index contributed by atoms with van der Waals surface area (Å²) >= 11 is 0. The predicted octanol–water partition coefficient (Wildman–Crippen LogP) is 5.26. The molecule has 2 aromatic carbocycles. The first-order chi connectivity index (χ1) is 14.7. The van der Waals surface area contributed by atoms with Crippen molar-refractivity contribution in [3.8, 4) is 17.2 Å². The lowest BCUT2D eigenvalue weighted by Gasteiger charge is -2.07. The quantitative estimate of drug-likeness (QED) is 0.379. The number of ether oxygens (including phenoxy) is 3. The van der Waals surface area contributed by atoms with Gasteiger partial charge in [0.15, 0.2) is 5.78 Å². The average Bonchev–Trinajstić information content (AvgIpc) is 3.44. The Morgan fingerprint density at radius 2 is 1.80 bits per heavy atom. The molecule has 0 radical (unpaired) electrons. The van der Waals surface area contributed by atoms with Crippen molar-refractivity contribution in [2.45, 2.75) is 25.9 Å². The molecule has 0 bridgehead atoms. The Kier molecular flexibility index (Phi) is 5.89. The third-order valence-electron chi connectivity index (χ3n) is 5.20. The number of methoxy groups -OCH3 is 2. The van der Waals surface area contributed by atoms with E-state index in [1.54, 1.807) is 31.4 Å². The Balaban J connectivity index is 1.39. The van der Waals surface area contributed by atoms with E-state index >= 15 is 0 Å². The molecular formula is C25H24O5. The van der Waals surface area contributed by atoms with Crippen LogP contribution in [0.15, 0.2) is 59.0 Å². The minimum absolute atomic E-state index is 0.196. The number of rotatable bonds is 8. The number of furan rings is 1. The lowest BCUT2D eigenvalue weighted by molar-refractivity contribution is 0.104. The van der Waals surface area contributed by atoms with E-state index in [0.29, 0.717) is 35.2 Å². The van der Waals surface area contributed by atoms with Gasteiger partial charge in [-0.05, 0) is 85.0 Å². The third kappa shape index (κ3) is 4.40. The smallest absolute Gasteiger partial charge is 0.189 e. The van der Waals surface area contributed by atoms with Crippen molar-refractivity contribution in [1.29, 1.82) is 0 Å². The van der Waals surface area contributed by atoms with E-state index in [-0.39, 0.29) is 5.78 Å². The molecule has 5 nitrogen and oxygen atoms in total. The van der Waals surface area contributed by atoms with E-state index in [1.165, 1.54) is 30.7 Å². The van der Waals surface area contributed by atoms with E-state index in [0.717, 1.165) is 18.6 Å². The molecule has 30 heavy (non-hydrogen) atoms. The molecule has 0 spiro atoms. The third-order valence-corrected chi connectivity index (χ3v) is 5.20. The highest BCUT2D eigenvalue weighted by molar-refractivity contribution is 6.08. The van der Waals surface area contributed by atoms with Gasteiger partial charge >= 0.3 is 0 Å². The second kappa shape index (κ2) is 8.91. The van der Waals surface area contributed by atoms with Gasteiger partial charge in [-0.1, -0.05) is 6.07 Å². The van der Waals surface area contributed by atoms with Crippen molar-refractivity contribution < 1.29 is 23.4 Å². The zero-order valence-electron chi connectivity index (χ0n) is 17.1. The predicted molar refractivity (Wildman–Crippen MR) is 114 cm³/mol. The van der Waals surface area contributed by atoms with Crippen LogP contribution in [-0.2, 0) is 19.4 Å². The van der Waals surface area contributed by atoms with Gasteiger partial charge in [0.05, 0.1) is 19.8 Å². The molecule has 0 atom stereocenters. The first-order valence-electron chi connectivity index (χ1n) is 9.94. The van der Waals surface area contributed by atoms with Crippen LogP contribution in [0.4, 0.5) is 0 Å². The summed E-state index contributed by atoms with van der Waals surface area (Å²) in [4.78, 5) is 12.6. The normalized spacial score (nSPS) is 12.7. The molecular weight excluding hydrogens is 380 g/mol. The number of hydrogen-bond donors (Lipinski definition) is 0. The lowest BCUT2D eigenvalue weighted by atomic mass is 10.1. The van der Waals surface area contributed by atoms with Crippen LogP contribution in [0.1, 0.15) is 39.4 Å². The molecule has 1 heterocycles. The number of benzene rings is 2. The summed E-state index contributed by atoms with van der Waals surface area (Å²) in [5, 5.41) is 0. The van der Waals surface area contributed by atoms with Crippen molar-refractivity contribution in [2.75, 3.05) is 14.2 Å². The van der Waals surface area contributed by atoms with Gasteiger partial charge in [0.2, 0.25) is 0 Å². The summed E-state index contributed by atoms with van der Waals surface area (Å²) in [5.74, 6) is 3.02. The average molecular weight is 404 g/mol. The highest BCUT2D eigenvalue weighted by Gasteiger charge is 2.13. The molecule has 0 saturated carbocycles. The minimum Gasteiger partial charge on any atom is -0.497 e. The summed E-state index contributed by atoms with van der Waals surface area (Å²) in [5.41, 5.74) is 3.23. The molecule has 4 rings (SSSR count). The standard InChI is InChI=1S/C25H24O5/c1-27-20-11-13-25(28-2)23(15-20)24(26)12-10-19-8-9-22(30-19)16-29-21-7-6-17-4-3-5-18(17)14-21/h6-15H,3-5,16H2,1-2H3/b12-10+. The fourth-order valence-electron chi connectivity index (χ4n) is 3.61. The minimum atomic E-state index is -0.196. The van der Waals surface area contributed by atoms with E-state index in [9.17, 15) is 4.79 Å². The van der Waals surface area contributed by atoms with Crippen molar-refractivity contribution in [2.24, 2.45) is 0 Å². The van der Waals surface area contributed by atoms with Crippen LogP contribution in [0.5, 0.6) is 17.2 Å². The second-order valence-corrected chi connectivity index (χ2v) is 7.14. The molecule has 154 valence electrons. The number of ketones is 1. The highest BCUT2D eigenvalue weighted by atomic mass is 16.5. The van der Waals surface area contributed by atoms with E-state index in [2.05, 4.69) is 12.1 Å². The fourth-order valence-corrected chi connectivity index (χ4v) is 3.61. The Labute approximate surface area is 175 Å². The van der Waals surface area contributed by atoms with Crippen molar-refractivity contribution in [3.63, 3.8) is 0 Å². The van der Waals surface area contributed by atoms with Crippen LogP contribution in [0.3, 0.4) is 0 Å². The molecule has 1 aliphatic rings. The number of allylic oxidation sites excluding steroid dienone is 1. The summed E-state index contributed by atoms with van der Waals surface area (Å²) in [6.07, 6.45) is 6.59. The topological polar surface area (TPSA) is 57.9 Å². The molecule has 0 saturated heterocycles. The Hall–Kier alpha value is -3.47. The van der Waals surface area contributed by atoms with Crippen molar-refractivity contribution >= 4 is 11.9 Å². The van der Waals surface area contributed by atoms with Crippen molar-refractivity contribution in [1.82, 2.24) is 0 Å².